The number of carbonyl (C=O) groups is 1. The molecule has 3 aromatic carbocycles. The second-order valence-electron chi connectivity index (χ2n) is 8.46. The molecule has 1 aliphatic heterocycles. The van der Waals surface area contributed by atoms with Crippen molar-refractivity contribution in [1.29, 1.82) is 0 Å². The third-order valence-corrected chi connectivity index (χ3v) is 6.80. The fraction of sp³-hybridized carbons (Fsp3) is 0.214. The standard InChI is InChI=1S/C28H26Cl2N4O2/c1-2-36-27-10-6-5-9-25(27)32-15-17-33(18-16-32)28(35)26-19-24(22-7-3-4-8-23(22)30)31-34(26)21-13-11-20(29)12-14-21/h3-14,19H,2,15-18H2,1H3. The van der Waals surface area contributed by atoms with Crippen LogP contribution in [0.5, 0.6) is 5.75 Å². The molecule has 8 heteroatoms. The van der Waals surface area contributed by atoms with Crippen LogP contribution in [-0.4, -0.2) is 53.4 Å². The first-order valence-corrected chi connectivity index (χ1v) is 12.7. The molecule has 2 heterocycles. The molecule has 1 aliphatic rings. The summed E-state index contributed by atoms with van der Waals surface area (Å²) in [6.07, 6.45) is 0. The fourth-order valence-corrected chi connectivity index (χ4v) is 4.78. The first-order chi connectivity index (χ1) is 17.5. The largest absolute Gasteiger partial charge is 0.492 e. The van der Waals surface area contributed by atoms with Gasteiger partial charge in [0.15, 0.2) is 0 Å². The van der Waals surface area contributed by atoms with E-state index >= 15 is 0 Å². The molecule has 5 rings (SSSR count). The van der Waals surface area contributed by atoms with Gasteiger partial charge in [0.1, 0.15) is 11.4 Å². The van der Waals surface area contributed by atoms with Crippen molar-refractivity contribution in [3.8, 4) is 22.7 Å². The molecule has 184 valence electrons. The lowest BCUT2D eigenvalue weighted by Gasteiger charge is -2.36. The van der Waals surface area contributed by atoms with Gasteiger partial charge >= 0.3 is 0 Å². The van der Waals surface area contributed by atoms with Gasteiger partial charge in [0.2, 0.25) is 0 Å². The second kappa shape index (κ2) is 10.6. The van der Waals surface area contributed by atoms with E-state index in [-0.39, 0.29) is 5.91 Å². The van der Waals surface area contributed by atoms with Gasteiger partial charge in [-0.25, -0.2) is 4.68 Å². The lowest BCUT2D eigenvalue weighted by atomic mass is 10.1. The molecule has 0 radical (unpaired) electrons. The van der Waals surface area contributed by atoms with Crippen molar-refractivity contribution in [3.05, 3.63) is 94.6 Å². The molecule has 4 aromatic rings. The first-order valence-electron chi connectivity index (χ1n) is 11.9. The minimum Gasteiger partial charge on any atom is -0.492 e. The molecule has 0 aliphatic carbocycles. The van der Waals surface area contributed by atoms with Crippen LogP contribution in [0.15, 0.2) is 78.9 Å². The predicted octanol–water partition coefficient (Wildman–Crippen LogP) is 6.21. The minimum absolute atomic E-state index is 0.0755. The molecule has 0 saturated carbocycles. The van der Waals surface area contributed by atoms with Gasteiger partial charge in [-0.3, -0.25) is 4.79 Å². The van der Waals surface area contributed by atoms with Gasteiger partial charge < -0.3 is 14.5 Å². The third-order valence-electron chi connectivity index (χ3n) is 6.22. The van der Waals surface area contributed by atoms with Crippen LogP contribution in [0.3, 0.4) is 0 Å². The van der Waals surface area contributed by atoms with Crippen LogP contribution in [0.1, 0.15) is 17.4 Å². The maximum Gasteiger partial charge on any atom is 0.272 e. The monoisotopic (exact) mass is 520 g/mol. The van der Waals surface area contributed by atoms with Gasteiger partial charge in [-0.05, 0) is 55.5 Å². The summed E-state index contributed by atoms with van der Waals surface area (Å²) >= 11 is 12.6. The van der Waals surface area contributed by atoms with Crippen LogP contribution in [-0.2, 0) is 0 Å². The zero-order valence-electron chi connectivity index (χ0n) is 19.9. The maximum absolute atomic E-state index is 13.8. The molecule has 1 saturated heterocycles. The third kappa shape index (κ3) is 4.92. The van der Waals surface area contributed by atoms with Gasteiger partial charge in [-0.15, -0.1) is 0 Å². The van der Waals surface area contributed by atoms with E-state index in [1.165, 1.54) is 0 Å². The van der Waals surface area contributed by atoms with Crippen molar-refractivity contribution in [1.82, 2.24) is 14.7 Å². The molecular weight excluding hydrogens is 495 g/mol. The predicted molar refractivity (Wildman–Crippen MR) is 145 cm³/mol. The number of nitrogens with zero attached hydrogens (tertiary/aromatic N) is 4. The average molecular weight is 521 g/mol. The number of carbonyl (C=O) groups excluding carboxylic acids is 1. The van der Waals surface area contributed by atoms with Crippen LogP contribution in [0.25, 0.3) is 16.9 Å². The van der Waals surface area contributed by atoms with Crippen molar-refractivity contribution in [3.63, 3.8) is 0 Å². The van der Waals surface area contributed by atoms with E-state index < -0.39 is 0 Å². The summed E-state index contributed by atoms with van der Waals surface area (Å²) in [5.41, 5.74) is 3.71. The molecule has 6 nitrogen and oxygen atoms in total. The van der Waals surface area contributed by atoms with Gasteiger partial charge in [0.25, 0.3) is 5.91 Å². The average Bonchev–Trinajstić information content (AvgIpc) is 3.35. The van der Waals surface area contributed by atoms with Crippen LogP contribution in [0.2, 0.25) is 10.0 Å². The number of anilines is 1. The molecular formula is C28H26Cl2N4O2. The Balaban J connectivity index is 1.42. The van der Waals surface area contributed by atoms with Crippen LogP contribution < -0.4 is 9.64 Å². The Hall–Kier alpha value is -3.48. The van der Waals surface area contributed by atoms with Gasteiger partial charge in [0.05, 0.1) is 28.7 Å². The van der Waals surface area contributed by atoms with Crippen LogP contribution in [0.4, 0.5) is 5.69 Å². The summed E-state index contributed by atoms with van der Waals surface area (Å²) in [4.78, 5) is 17.9. The number of para-hydroxylation sites is 2. The second-order valence-corrected chi connectivity index (χ2v) is 9.31. The van der Waals surface area contributed by atoms with Crippen molar-refractivity contribution in [2.45, 2.75) is 6.92 Å². The van der Waals surface area contributed by atoms with E-state index in [1.54, 1.807) is 16.8 Å². The lowest BCUT2D eigenvalue weighted by Crippen LogP contribution is -2.49. The highest BCUT2D eigenvalue weighted by atomic mass is 35.5. The maximum atomic E-state index is 13.8. The highest BCUT2D eigenvalue weighted by molar-refractivity contribution is 6.33. The smallest absolute Gasteiger partial charge is 0.272 e. The lowest BCUT2D eigenvalue weighted by molar-refractivity contribution is 0.0737. The molecule has 0 unspecified atom stereocenters. The molecule has 0 atom stereocenters. The Labute approximate surface area is 220 Å². The SMILES string of the molecule is CCOc1ccccc1N1CCN(C(=O)c2cc(-c3ccccc3Cl)nn2-c2ccc(Cl)cc2)CC1. The van der Waals surface area contributed by atoms with E-state index in [0.717, 1.165) is 22.7 Å². The number of amides is 1. The summed E-state index contributed by atoms with van der Waals surface area (Å²) < 4.78 is 7.48. The summed E-state index contributed by atoms with van der Waals surface area (Å²) in [5, 5.41) is 5.97. The van der Waals surface area contributed by atoms with Crippen molar-refractivity contribution < 1.29 is 9.53 Å². The Kier molecular flexibility index (Phi) is 7.16. The summed E-state index contributed by atoms with van der Waals surface area (Å²) in [5.74, 6) is 0.790. The Bertz CT molecular complexity index is 1360. The summed E-state index contributed by atoms with van der Waals surface area (Å²) in [7, 11) is 0. The van der Waals surface area contributed by atoms with Crippen LogP contribution >= 0.6 is 23.2 Å². The van der Waals surface area contributed by atoms with Gasteiger partial charge in [-0.2, -0.15) is 5.10 Å². The molecule has 0 bridgehead atoms. The van der Waals surface area contributed by atoms with Crippen LogP contribution in [0, 0.1) is 0 Å². The quantitative estimate of drug-likeness (QED) is 0.303. The highest BCUT2D eigenvalue weighted by Gasteiger charge is 2.27. The molecule has 0 N–H and O–H groups in total. The molecule has 36 heavy (non-hydrogen) atoms. The van der Waals surface area contributed by atoms with E-state index in [4.69, 9.17) is 33.0 Å². The Morgan fingerprint density at radius 1 is 0.917 bits per heavy atom. The number of benzene rings is 3. The van der Waals surface area contributed by atoms with Crippen molar-refractivity contribution >= 4 is 34.8 Å². The van der Waals surface area contributed by atoms with E-state index in [9.17, 15) is 4.79 Å². The summed E-state index contributed by atoms with van der Waals surface area (Å²) in [6.45, 7) is 5.19. The number of rotatable bonds is 6. The summed E-state index contributed by atoms with van der Waals surface area (Å²) in [6, 6.07) is 24.6. The topological polar surface area (TPSA) is 50.6 Å². The zero-order valence-corrected chi connectivity index (χ0v) is 21.4. The number of piperazine rings is 1. The highest BCUT2D eigenvalue weighted by Crippen LogP contribution is 2.31. The minimum atomic E-state index is -0.0755. The number of aromatic nitrogens is 2. The number of hydrogen-bond donors (Lipinski definition) is 0. The molecule has 1 amide bonds. The molecule has 1 fully saturated rings. The normalized spacial score (nSPS) is 13.6. The van der Waals surface area contributed by atoms with Gasteiger partial charge in [0, 0.05) is 36.8 Å². The number of halogens is 2. The number of ether oxygens (including phenoxy) is 1. The fourth-order valence-electron chi connectivity index (χ4n) is 4.42. The first kappa shape index (κ1) is 24.2. The zero-order chi connectivity index (χ0) is 25.1. The Morgan fingerprint density at radius 3 is 2.33 bits per heavy atom. The Morgan fingerprint density at radius 2 is 1.61 bits per heavy atom. The van der Waals surface area contributed by atoms with E-state index in [0.29, 0.717) is 54.2 Å². The molecule has 0 spiro atoms. The van der Waals surface area contributed by atoms with Gasteiger partial charge in [-0.1, -0.05) is 53.5 Å². The van der Waals surface area contributed by atoms with E-state index in [2.05, 4.69) is 11.0 Å². The van der Waals surface area contributed by atoms with E-state index in [1.807, 2.05) is 72.5 Å². The molecule has 1 aromatic heterocycles. The number of hydrogen-bond acceptors (Lipinski definition) is 4. The van der Waals surface area contributed by atoms with Crippen molar-refractivity contribution in [2.24, 2.45) is 0 Å². The van der Waals surface area contributed by atoms with Crippen molar-refractivity contribution in [2.75, 3.05) is 37.7 Å².